The zero-order chi connectivity index (χ0) is 16.2. The van der Waals surface area contributed by atoms with Gasteiger partial charge in [-0.2, -0.15) is 0 Å². The summed E-state index contributed by atoms with van der Waals surface area (Å²) >= 11 is 0. The second-order valence-corrected chi connectivity index (χ2v) is 4.79. The summed E-state index contributed by atoms with van der Waals surface area (Å²) in [5, 5.41) is 74.7. The highest BCUT2D eigenvalue weighted by Crippen LogP contribution is 2.23. The number of hydrogen-bond donors (Lipinski definition) is 8. The fraction of sp³-hybridized carbons (Fsp3) is 1.00. The van der Waals surface area contributed by atoms with Crippen LogP contribution in [0.2, 0.25) is 0 Å². The standard InChI is InChI=1S/C11H22O10/c12-1-4(15)7(16)5(2-13)20-11-10(19)9(18)8(17)6(3-14)21-11/h4-19H,1-3H2/t4-,5+,6-,7-,8-,9+,10-,11?/m1/s1. The molecule has 1 unspecified atom stereocenters. The number of aliphatic hydroxyl groups excluding tert-OH is 8. The molecule has 0 amide bonds. The maximum absolute atomic E-state index is 9.73. The second kappa shape index (κ2) is 8.29. The van der Waals surface area contributed by atoms with Crippen LogP contribution in [-0.2, 0) is 9.47 Å². The lowest BCUT2D eigenvalue weighted by Gasteiger charge is -2.41. The van der Waals surface area contributed by atoms with Gasteiger partial charge in [-0.05, 0) is 0 Å². The van der Waals surface area contributed by atoms with Gasteiger partial charge < -0.3 is 50.3 Å². The van der Waals surface area contributed by atoms with Crippen molar-refractivity contribution in [3.05, 3.63) is 0 Å². The van der Waals surface area contributed by atoms with Gasteiger partial charge >= 0.3 is 0 Å². The summed E-state index contributed by atoms with van der Waals surface area (Å²) in [6.07, 6.45) is -12.4. The SMILES string of the molecule is OC[C@@H](O)[C@@H](O)[C@H](CO)OC1O[C@H](CO)[C@@H](O)[C@H](O)[C@H]1O. The van der Waals surface area contributed by atoms with Gasteiger partial charge in [-0.1, -0.05) is 0 Å². The minimum absolute atomic E-state index is 0.656. The minimum atomic E-state index is -1.70. The quantitative estimate of drug-likeness (QED) is 0.226. The Hall–Kier alpha value is -0.400. The molecule has 1 saturated heterocycles. The Morgan fingerprint density at radius 2 is 1.52 bits per heavy atom. The molecule has 126 valence electrons. The van der Waals surface area contributed by atoms with Gasteiger partial charge in [0.2, 0.25) is 0 Å². The molecule has 21 heavy (non-hydrogen) atoms. The molecular weight excluding hydrogens is 292 g/mol. The molecule has 0 bridgehead atoms. The highest BCUT2D eigenvalue weighted by molar-refractivity contribution is 4.90. The molecule has 0 spiro atoms. The number of aliphatic hydroxyl groups is 8. The number of hydrogen-bond acceptors (Lipinski definition) is 10. The molecule has 1 fully saturated rings. The molecule has 1 aliphatic rings. The van der Waals surface area contributed by atoms with Crippen molar-refractivity contribution in [2.24, 2.45) is 0 Å². The molecule has 0 saturated carbocycles. The molecule has 0 aliphatic carbocycles. The number of ether oxygens (including phenoxy) is 2. The van der Waals surface area contributed by atoms with Crippen molar-refractivity contribution < 1.29 is 50.3 Å². The van der Waals surface area contributed by atoms with Crippen LogP contribution in [0.1, 0.15) is 0 Å². The van der Waals surface area contributed by atoms with Crippen LogP contribution >= 0.6 is 0 Å². The molecule has 0 aromatic carbocycles. The van der Waals surface area contributed by atoms with E-state index in [1.54, 1.807) is 0 Å². The van der Waals surface area contributed by atoms with Gasteiger partial charge in [0.05, 0.1) is 19.8 Å². The fourth-order valence-corrected chi connectivity index (χ4v) is 1.94. The van der Waals surface area contributed by atoms with Gasteiger partial charge in [0.1, 0.15) is 42.7 Å². The average Bonchev–Trinajstić information content (AvgIpc) is 2.50. The molecule has 8 N–H and O–H groups in total. The molecule has 10 heteroatoms. The smallest absolute Gasteiger partial charge is 0.187 e. The predicted molar refractivity (Wildman–Crippen MR) is 64.8 cm³/mol. The third-order valence-electron chi connectivity index (χ3n) is 3.30. The van der Waals surface area contributed by atoms with E-state index in [1.165, 1.54) is 0 Å². The average molecular weight is 314 g/mol. The van der Waals surface area contributed by atoms with Crippen LogP contribution in [0.15, 0.2) is 0 Å². The van der Waals surface area contributed by atoms with Gasteiger partial charge in [-0.3, -0.25) is 0 Å². The van der Waals surface area contributed by atoms with Crippen LogP contribution in [0.25, 0.3) is 0 Å². The van der Waals surface area contributed by atoms with Crippen LogP contribution in [-0.4, -0.2) is 110 Å². The van der Waals surface area contributed by atoms with E-state index in [-0.39, 0.29) is 0 Å². The summed E-state index contributed by atoms with van der Waals surface area (Å²) in [6, 6.07) is 0. The fourth-order valence-electron chi connectivity index (χ4n) is 1.94. The van der Waals surface area contributed by atoms with Crippen molar-refractivity contribution in [3.63, 3.8) is 0 Å². The lowest BCUT2D eigenvalue weighted by molar-refractivity contribution is -0.321. The number of rotatable bonds is 7. The molecule has 0 aromatic heterocycles. The zero-order valence-electron chi connectivity index (χ0n) is 11.1. The van der Waals surface area contributed by atoms with Crippen molar-refractivity contribution in [1.29, 1.82) is 0 Å². The highest BCUT2D eigenvalue weighted by atomic mass is 16.7. The molecule has 8 atom stereocenters. The summed E-state index contributed by atoms with van der Waals surface area (Å²) in [5.74, 6) is 0. The van der Waals surface area contributed by atoms with Crippen molar-refractivity contribution in [3.8, 4) is 0 Å². The van der Waals surface area contributed by atoms with Crippen molar-refractivity contribution >= 4 is 0 Å². The molecular formula is C11H22O10. The van der Waals surface area contributed by atoms with Gasteiger partial charge in [-0.25, -0.2) is 0 Å². The minimum Gasteiger partial charge on any atom is -0.394 e. The van der Waals surface area contributed by atoms with Gasteiger partial charge in [-0.15, -0.1) is 0 Å². The lowest BCUT2D eigenvalue weighted by Crippen LogP contribution is -2.60. The first kappa shape index (κ1) is 18.6. The third-order valence-corrected chi connectivity index (χ3v) is 3.30. The first-order valence-electron chi connectivity index (χ1n) is 6.41. The maximum Gasteiger partial charge on any atom is 0.187 e. The Balaban J connectivity index is 2.74. The molecule has 0 radical (unpaired) electrons. The molecule has 1 heterocycles. The molecule has 1 aliphatic heterocycles. The van der Waals surface area contributed by atoms with E-state index < -0.39 is 68.8 Å². The zero-order valence-corrected chi connectivity index (χ0v) is 11.1. The van der Waals surface area contributed by atoms with Gasteiger partial charge in [0, 0.05) is 0 Å². The van der Waals surface area contributed by atoms with Gasteiger partial charge in [0.15, 0.2) is 6.29 Å². The van der Waals surface area contributed by atoms with Crippen LogP contribution in [0, 0.1) is 0 Å². The Morgan fingerprint density at radius 3 is 2.00 bits per heavy atom. The van der Waals surface area contributed by atoms with Crippen molar-refractivity contribution in [2.45, 2.75) is 49.0 Å². The third kappa shape index (κ3) is 4.29. The summed E-state index contributed by atoms with van der Waals surface area (Å²) in [4.78, 5) is 0. The van der Waals surface area contributed by atoms with Crippen LogP contribution < -0.4 is 0 Å². The lowest BCUT2D eigenvalue weighted by atomic mass is 9.99. The highest BCUT2D eigenvalue weighted by Gasteiger charge is 2.45. The summed E-state index contributed by atoms with van der Waals surface area (Å²) in [6.45, 7) is -2.21. The maximum atomic E-state index is 9.73. The Morgan fingerprint density at radius 1 is 0.905 bits per heavy atom. The summed E-state index contributed by atoms with van der Waals surface area (Å²) in [5.41, 5.74) is 0. The first-order valence-corrected chi connectivity index (χ1v) is 6.41. The monoisotopic (exact) mass is 314 g/mol. The Labute approximate surface area is 120 Å². The van der Waals surface area contributed by atoms with Crippen LogP contribution in [0.4, 0.5) is 0 Å². The van der Waals surface area contributed by atoms with E-state index in [9.17, 15) is 25.5 Å². The van der Waals surface area contributed by atoms with E-state index in [1.807, 2.05) is 0 Å². The first-order chi connectivity index (χ1) is 9.87. The Kier molecular flexibility index (Phi) is 7.36. The topological polar surface area (TPSA) is 180 Å². The summed E-state index contributed by atoms with van der Waals surface area (Å²) < 4.78 is 10.1. The van der Waals surface area contributed by atoms with E-state index in [0.717, 1.165) is 0 Å². The van der Waals surface area contributed by atoms with Crippen LogP contribution in [0.3, 0.4) is 0 Å². The summed E-state index contributed by atoms with van der Waals surface area (Å²) in [7, 11) is 0. The van der Waals surface area contributed by atoms with Gasteiger partial charge in [0.25, 0.3) is 0 Å². The van der Waals surface area contributed by atoms with Crippen molar-refractivity contribution in [1.82, 2.24) is 0 Å². The molecule has 10 nitrogen and oxygen atoms in total. The van der Waals surface area contributed by atoms with E-state index in [4.69, 9.17) is 24.8 Å². The predicted octanol–water partition coefficient (Wildman–Crippen LogP) is -5.12. The van der Waals surface area contributed by atoms with E-state index in [0.29, 0.717) is 0 Å². The largest absolute Gasteiger partial charge is 0.394 e. The second-order valence-electron chi connectivity index (χ2n) is 4.79. The van der Waals surface area contributed by atoms with E-state index in [2.05, 4.69) is 0 Å². The van der Waals surface area contributed by atoms with Crippen molar-refractivity contribution in [2.75, 3.05) is 19.8 Å². The normalized spacial score (nSPS) is 38.0. The Bertz CT molecular complexity index is 301. The molecule has 1 rings (SSSR count). The van der Waals surface area contributed by atoms with E-state index >= 15 is 0 Å². The molecule has 0 aromatic rings. The van der Waals surface area contributed by atoms with Crippen LogP contribution in [0.5, 0.6) is 0 Å².